The fourth-order valence-corrected chi connectivity index (χ4v) is 3.03. The molecule has 0 saturated heterocycles. The highest BCUT2D eigenvalue weighted by molar-refractivity contribution is 5.27. The van der Waals surface area contributed by atoms with Gasteiger partial charge in [0.05, 0.1) is 0 Å². The van der Waals surface area contributed by atoms with Crippen LogP contribution in [0.2, 0.25) is 0 Å². The first-order valence-electron chi connectivity index (χ1n) is 7.15. The molecular weight excluding hydrogens is 206 g/mol. The van der Waals surface area contributed by atoms with Gasteiger partial charge in [0.15, 0.2) is 0 Å². The molecule has 0 heterocycles. The maximum Gasteiger partial charge on any atom is 0.00727 e. The van der Waals surface area contributed by atoms with Gasteiger partial charge in [0, 0.05) is 6.04 Å². The summed E-state index contributed by atoms with van der Waals surface area (Å²) >= 11 is 0. The van der Waals surface area contributed by atoms with E-state index in [0.717, 1.165) is 24.9 Å². The molecule has 0 spiro atoms. The second kappa shape index (κ2) is 6.20. The number of aryl methyl sites for hydroxylation is 1. The Balaban J connectivity index is 2.05. The van der Waals surface area contributed by atoms with E-state index in [1.165, 1.54) is 31.2 Å². The second-order valence-electron chi connectivity index (χ2n) is 5.22. The lowest BCUT2D eigenvalue weighted by Crippen LogP contribution is -2.33. The van der Waals surface area contributed by atoms with Crippen LogP contribution >= 0.6 is 0 Å². The third-order valence-electron chi connectivity index (χ3n) is 4.00. The first-order chi connectivity index (χ1) is 8.33. The van der Waals surface area contributed by atoms with Crippen LogP contribution in [0.1, 0.15) is 56.6 Å². The number of hydrogen-bond acceptors (Lipinski definition) is 1. The molecule has 2 atom stereocenters. The summed E-state index contributed by atoms with van der Waals surface area (Å²) in [5, 5.41) is 3.61. The van der Waals surface area contributed by atoms with E-state index in [2.05, 4.69) is 43.4 Å². The fourth-order valence-electron chi connectivity index (χ4n) is 3.03. The Labute approximate surface area is 106 Å². The molecule has 1 N–H and O–H groups in total. The highest BCUT2D eigenvalue weighted by Gasteiger charge is 2.22. The van der Waals surface area contributed by atoms with E-state index in [1.54, 1.807) is 5.56 Å². The minimum absolute atomic E-state index is 0.740. The van der Waals surface area contributed by atoms with Crippen molar-refractivity contribution in [2.45, 2.75) is 57.9 Å². The Morgan fingerprint density at radius 2 is 2.12 bits per heavy atom. The first-order valence-corrected chi connectivity index (χ1v) is 7.15. The zero-order valence-corrected chi connectivity index (χ0v) is 11.2. The molecule has 1 aliphatic rings. The monoisotopic (exact) mass is 231 g/mol. The summed E-state index contributed by atoms with van der Waals surface area (Å²) in [6.45, 7) is 5.55. The van der Waals surface area contributed by atoms with Gasteiger partial charge in [-0.2, -0.15) is 0 Å². The zero-order chi connectivity index (χ0) is 12.1. The SMILES string of the molecule is CCNC1CCCC(c2cccc(CC)c2)C1. The van der Waals surface area contributed by atoms with Gasteiger partial charge in [-0.1, -0.05) is 44.5 Å². The van der Waals surface area contributed by atoms with Crippen molar-refractivity contribution in [3.05, 3.63) is 35.4 Å². The molecule has 2 unspecified atom stereocenters. The Bertz CT molecular complexity index is 343. The second-order valence-corrected chi connectivity index (χ2v) is 5.22. The van der Waals surface area contributed by atoms with Crippen molar-refractivity contribution in [1.29, 1.82) is 0 Å². The van der Waals surface area contributed by atoms with Crippen LogP contribution in [0.25, 0.3) is 0 Å². The molecule has 1 heteroatoms. The highest BCUT2D eigenvalue weighted by Crippen LogP contribution is 2.33. The van der Waals surface area contributed by atoms with Crippen LogP contribution in [0.5, 0.6) is 0 Å². The molecule has 17 heavy (non-hydrogen) atoms. The van der Waals surface area contributed by atoms with Crippen molar-refractivity contribution in [3.63, 3.8) is 0 Å². The summed E-state index contributed by atoms with van der Waals surface area (Å²) in [5.74, 6) is 0.777. The Kier molecular flexibility index (Phi) is 4.61. The maximum atomic E-state index is 3.61. The van der Waals surface area contributed by atoms with Crippen LogP contribution in [0.3, 0.4) is 0 Å². The van der Waals surface area contributed by atoms with Gasteiger partial charge in [0.1, 0.15) is 0 Å². The standard InChI is InChI=1S/C16H25N/c1-3-13-7-5-8-14(11-13)15-9-6-10-16(12-15)17-4-2/h5,7-8,11,15-17H,3-4,6,9-10,12H2,1-2H3. The van der Waals surface area contributed by atoms with Gasteiger partial charge < -0.3 is 5.32 Å². The molecule has 1 aromatic carbocycles. The molecule has 1 aliphatic carbocycles. The number of benzene rings is 1. The highest BCUT2D eigenvalue weighted by atomic mass is 14.9. The summed E-state index contributed by atoms with van der Waals surface area (Å²) in [4.78, 5) is 0. The van der Waals surface area contributed by atoms with Crippen LogP contribution in [0, 0.1) is 0 Å². The van der Waals surface area contributed by atoms with E-state index >= 15 is 0 Å². The van der Waals surface area contributed by atoms with Crippen LogP contribution in [-0.4, -0.2) is 12.6 Å². The predicted molar refractivity (Wildman–Crippen MR) is 74.5 cm³/mol. The van der Waals surface area contributed by atoms with E-state index in [9.17, 15) is 0 Å². The molecule has 1 fully saturated rings. The quantitative estimate of drug-likeness (QED) is 0.829. The van der Waals surface area contributed by atoms with Gasteiger partial charge in [-0.05, 0) is 49.3 Å². The van der Waals surface area contributed by atoms with Crippen molar-refractivity contribution < 1.29 is 0 Å². The maximum absolute atomic E-state index is 3.61. The van der Waals surface area contributed by atoms with Gasteiger partial charge in [0.2, 0.25) is 0 Å². The Morgan fingerprint density at radius 3 is 2.88 bits per heavy atom. The molecule has 1 nitrogen and oxygen atoms in total. The summed E-state index contributed by atoms with van der Waals surface area (Å²) in [6.07, 6.45) is 6.57. The summed E-state index contributed by atoms with van der Waals surface area (Å²) in [7, 11) is 0. The van der Waals surface area contributed by atoms with Crippen LogP contribution in [-0.2, 0) is 6.42 Å². The topological polar surface area (TPSA) is 12.0 Å². The lowest BCUT2D eigenvalue weighted by Gasteiger charge is -2.30. The average Bonchev–Trinajstić information content (AvgIpc) is 2.40. The molecule has 0 aliphatic heterocycles. The lowest BCUT2D eigenvalue weighted by atomic mass is 9.81. The summed E-state index contributed by atoms with van der Waals surface area (Å²) < 4.78 is 0. The molecular formula is C16H25N. The van der Waals surface area contributed by atoms with Crippen molar-refractivity contribution >= 4 is 0 Å². The van der Waals surface area contributed by atoms with E-state index in [1.807, 2.05) is 0 Å². The number of nitrogens with one attached hydrogen (secondary N) is 1. The lowest BCUT2D eigenvalue weighted by molar-refractivity contribution is 0.344. The van der Waals surface area contributed by atoms with E-state index in [0.29, 0.717) is 0 Å². The van der Waals surface area contributed by atoms with Crippen LogP contribution in [0.15, 0.2) is 24.3 Å². The van der Waals surface area contributed by atoms with E-state index in [-0.39, 0.29) is 0 Å². The molecule has 0 bridgehead atoms. The van der Waals surface area contributed by atoms with Gasteiger partial charge in [-0.25, -0.2) is 0 Å². The molecule has 0 radical (unpaired) electrons. The number of rotatable bonds is 4. The summed E-state index contributed by atoms with van der Waals surface area (Å²) in [6, 6.07) is 9.94. The third-order valence-corrected chi connectivity index (χ3v) is 4.00. The zero-order valence-electron chi connectivity index (χ0n) is 11.2. The van der Waals surface area contributed by atoms with Crippen molar-refractivity contribution in [2.75, 3.05) is 6.54 Å². The Morgan fingerprint density at radius 1 is 1.24 bits per heavy atom. The van der Waals surface area contributed by atoms with Gasteiger partial charge in [-0.3, -0.25) is 0 Å². The van der Waals surface area contributed by atoms with Crippen molar-refractivity contribution in [3.8, 4) is 0 Å². The summed E-state index contributed by atoms with van der Waals surface area (Å²) in [5.41, 5.74) is 3.04. The minimum atomic E-state index is 0.740. The van der Waals surface area contributed by atoms with Crippen LogP contribution in [0.4, 0.5) is 0 Å². The predicted octanol–water partition coefficient (Wildman–Crippen LogP) is 3.88. The van der Waals surface area contributed by atoms with E-state index in [4.69, 9.17) is 0 Å². The fraction of sp³-hybridized carbons (Fsp3) is 0.625. The molecule has 0 amide bonds. The van der Waals surface area contributed by atoms with Gasteiger partial charge in [-0.15, -0.1) is 0 Å². The number of hydrogen-bond donors (Lipinski definition) is 1. The molecule has 94 valence electrons. The molecule has 2 rings (SSSR count). The Hall–Kier alpha value is -0.820. The van der Waals surface area contributed by atoms with E-state index < -0.39 is 0 Å². The van der Waals surface area contributed by atoms with Crippen molar-refractivity contribution in [1.82, 2.24) is 5.32 Å². The van der Waals surface area contributed by atoms with Crippen LogP contribution < -0.4 is 5.32 Å². The first kappa shape index (κ1) is 12.6. The van der Waals surface area contributed by atoms with Crippen molar-refractivity contribution in [2.24, 2.45) is 0 Å². The molecule has 1 aromatic rings. The smallest absolute Gasteiger partial charge is 0.00727 e. The molecule has 1 saturated carbocycles. The average molecular weight is 231 g/mol. The normalized spacial score (nSPS) is 24.8. The van der Waals surface area contributed by atoms with Gasteiger partial charge >= 0.3 is 0 Å². The minimum Gasteiger partial charge on any atom is -0.314 e. The molecule has 0 aromatic heterocycles. The largest absolute Gasteiger partial charge is 0.314 e. The third kappa shape index (κ3) is 3.32. The van der Waals surface area contributed by atoms with Gasteiger partial charge in [0.25, 0.3) is 0 Å².